The average molecular weight is 537 g/mol. The summed E-state index contributed by atoms with van der Waals surface area (Å²) in [5.41, 5.74) is 4.78. The van der Waals surface area contributed by atoms with Crippen LogP contribution < -0.4 is 5.56 Å². The van der Waals surface area contributed by atoms with E-state index in [4.69, 9.17) is 0 Å². The zero-order valence-electron chi connectivity index (χ0n) is 22.6. The number of piperidine rings is 1. The van der Waals surface area contributed by atoms with Gasteiger partial charge < -0.3 is 4.98 Å². The fourth-order valence-electron chi connectivity index (χ4n) is 5.84. The topological polar surface area (TPSA) is 79.7 Å². The number of H-pyrrole nitrogens is 1. The molecule has 7 nitrogen and oxygen atoms in total. The zero-order chi connectivity index (χ0) is 27.5. The van der Waals surface area contributed by atoms with Gasteiger partial charge in [-0.1, -0.05) is 55.5 Å². The van der Waals surface area contributed by atoms with Gasteiger partial charge in [-0.25, -0.2) is 9.07 Å². The molecule has 1 aliphatic heterocycles. The molecule has 1 unspecified atom stereocenters. The lowest BCUT2D eigenvalue weighted by molar-refractivity contribution is 0.143. The average Bonchev–Trinajstić information content (AvgIpc) is 3.43. The van der Waals surface area contributed by atoms with E-state index in [1.165, 1.54) is 23.3 Å². The number of pyridine rings is 1. The number of hydrogen-bond acceptors (Lipinski definition) is 5. The summed E-state index contributed by atoms with van der Waals surface area (Å²) < 4.78 is 15.3. The molecule has 8 heteroatoms. The first-order valence-electron chi connectivity index (χ1n) is 14.0. The van der Waals surface area contributed by atoms with Crippen molar-refractivity contribution in [1.29, 1.82) is 0 Å². The van der Waals surface area contributed by atoms with Crippen LogP contribution >= 0.6 is 0 Å². The first-order chi connectivity index (χ1) is 19.6. The molecule has 2 aromatic heterocycles. The van der Waals surface area contributed by atoms with Crippen LogP contribution in [0.3, 0.4) is 0 Å². The van der Waals surface area contributed by atoms with E-state index < -0.39 is 6.04 Å². The number of rotatable bonds is 8. The van der Waals surface area contributed by atoms with E-state index in [9.17, 15) is 9.18 Å². The van der Waals surface area contributed by atoms with Gasteiger partial charge in [-0.05, 0) is 108 Å². The third-order valence-corrected chi connectivity index (χ3v) is 8.07. The molecule has 1 N–H and O–H groups in total. The normalized spacial score (nSPS) is 15.4. The SMILES string of the molecule is CCc1ccc2[nH]c(=O)c(C(c3nnnn3Cc3ccc(F)cc3)N3CCC(Cc4ccccc4)CC3)cc2c1. The Labute approximate surface area is 232 Å². The maximum absolute atomic E-state index is 13.6. The van der Waals surface area contributed by atoms with Crippen LogP contribution in [0.4, 0.5) is 4.39 Å². The van der Waals surface area contributed by atoms with E-state index in [-0.39, 0.29) is 11.4 Å². The highest BCUT2D eigenvalue weighted by Gasteiger charge is 2.33. The molecule has 6 rings (SSSR count). The Kier molecular flexibility index (Phi) is 7.51. The summed E-state index contributed by atoms with van der Waals surface area (Å²) >= 11 is 0. The molecule has 40 heavy (non-hydrogen) atoms. The monoisotopic (exact) mass is 536 g/mol. The third kappa shape index (κ3) is 5.58. The number of nitrogens with zero attached hydrogens (tertiary/aromatic N) is 5. The van der Waals surface area contributed by atoms with Gasteiger partial charge in [-0.15, -0.1) is 5.10 Å². The molecular formula is C32H33FN6O. The number of benzene rings is 3. The summed E-state index contributed by atoms with van der Waals surface area (Å²) in [6.07, 6.45) is 4.02. The highest BCUT2D eigenvalue weighted by atomic mass is 19.1. The van der Waals surface area contributed by atoms with Crippen molar-refractivity contribution in [3.8, 4) is 0 Å². The van der Waals surface area contributed by atoms with Gasteiger partial charge in [0.25, 0.3) is 5.56 Å². The number of aromatic amines is 1. The van der Waals surface area contributed by atoms with Crippen molar-refractivity contribution in [2.75, 3.05) is 13.1 Å². The number of nitrogens with one attached hydrogen (secondary N) is 1. The molecule has 1 aliphatic rings. The maximum atomic E-state index is 13.6. The lowest BCUT2D eigenvalue weighted by Crippen LogP contribution is -2.41. The van der Waals surface area contributed by atoms with Crippen LogP contribution in [0.25, 0.3) is 10.9 Å². The Hall–Kier alpha value is -4.17. The highest BCUT2D eigenvalue weighted by molar-refractivity contribution is 5.80. The number of hydrogen-bond donors (Lipinski definition) is 1. The quantitative estimate of drug-likeness (QED) is 0.291. The molecule has 204 valence electrons. The van der Waals surface area contributed by atoms with Crippen molar-refractivity contribution in [3.63, 3.8) is 0 Å². The first kappa shape index (κ1) is 26.1. The fraction of sp³-hybridized carbons (Fsp3) is 0.312. The maximum Gasteiger partial charge on any atom is 0.253 e. The van der Waals surface area contributed by atoms with Crippen LogP contribution in [0.1, 0.15) is 53.9 Å². The van der Waals surface area contributed by atoms with Crippen molar-refractivity contribution in [2.24, 2.45) is 5.92 Å². The second-order valence-corrected chi connectivity index (χ2v) is 10.7. The van der Waals surface area contributed by atoms with E-state index in [0.717, 1.165) is 55.2 Å². The second kappa shape index (κ2) is 11.5. The Morgan fingerprint density at radius 1 is 0.950 bits per heavy atom. The molecule has 0 spiro atoms. The minimum Gasteiger partial charge on any atom is -0.322 e. The van der Waals surface area contributed by atoms with E-state index in [2.05, 4.69) is 74.8 Å². The summed E-state index contributed by atoms with van der Waals surface area (Å²) in [6.45, 7) is 4.17. The van der Waals surface area contributed by atoms with Gasteiger partial charge in [-0.2, -0.15) is 0 Å². The van der Waals surface area contributed by atoms with Crippen molar-refractivity contribution in [1.82, 2.24) is 30.1 Å². The molecule has 0 amide bonds. The van der Waals surface area contributed by atoms with E-state index in [1.54, 1.807) is 16.8 Å². The van der Waals surface area contributed by atoms with E-state index in [1.807, 2.05) is 12.1 Å². The standard InChI is InChI=1S/C32H33FN6O/c1-2-22-10-13-29-26(19-22)20-28(32(40)34-29)30(31-35-36-37-39(31)21-25-8-11-27(33)12-9-25)38-16-14-24(15-17-38)18-23-6-4-3-5-7-23/h3-13,19-20,24,30H,2,14-18,21H2,1H3,(H,34,40). The Morgan fingerprint density at radius 3 is 2.45 bits per heavy atom. The largest absolute Gasteiger partial charge is 0.322 e. The summed E-state index contributed by atoms with van der Waals surface area (Å²) in [5, 5.41) is 13.8. The molecule has 0 bridgehead atoms. The lowest BCUT2D eigenvalue weighted by atomic mass is 9.89. The predicted molar refractivity (Wildman–Crippen MR) is 154 cm³/mol. The smallest absolute Gasteiger partial charge is 0.253 e. The minimum absolute atomic E-state index is 0.135. The number of aryl methyl sites for hydroxylation is 1. The van der Waals surface area contributed by atoms with Gasteiger partial charge in [0.1, 0.15) is 11.9 Å². The van der Waals surface area contributed by atoms with Crippen molar-refractivity contribution < 1.29 is 4.39 Å². The van der Waals surface area contributed by atoms with Crippen LogP contribution in [-0.2, 0) is 19.4 Å². The number of likely N-dealkylation sites (tertiary alicyclic amines) is 1. The molecular weight excluding hydrogens is 503 g/mol. The third-order valence-electron chi connectivity index (χ3n) is 8.07. The molecule has 1 fully saturated rings. The van der Waals surface area contributed by atoms with Crippen molar-refractivity contribution in [2.45, 2.75) is 45.2 Å². The molecule has 0 saturated carbocycles. The van der Waals surface area contributed by atoms with Gasteiger partial charge in [0.05, 0.1) is 6.54 Å². The number of halogens is 1. The van der Waals surface area contributed by atoms with Gasteiger partial charge in [0.15, 0.2) is 5.82 Å². The predicted octanol–water partition coefficient (Wildman–Crippen LogP) is 5.31. The highest BCUT2D eigenvalue weighted by Crippen LogP contribution is 2.32. The van der Waals surface area contributed by atoms with Crippen LogP contribution in [0.15, 0.2) is 83.7 Å². The van der Waals surface area contributed by atoms with Crippen molar-refractivity contribution >= 4 is 10.9 Å². The zero-order valence-corrected chi connectivity index (χ0v) is 22.6. The van der Waals surface area contributed by atoms with Crippen molar-refractivity contribution in [3.05, 3.63) is 123 Å². The Morgan fingerprint density at radius 2 is 1.70 bits per heavy atom. The summed E-state index contributed by atoms with van der Waals surface area (Å²) in [4.78, 5) is 19.0. The first-order valence-corrected chi connectivity index (χ1v) is 14.0. The molecule has 1 atom stereocenters. The molecule has 5 aromatic rings. The minimum atomic E-state index is -0.411. The van der Waals surface area contributed by atoms with Crippen LogP contribution in [0.5, 0.6) is 0 Å². The number of aromatic nitrogens is 5. The number of tetrazole rings is 1. The molecule has 0 radical (unpaired) electrons. The van der Waals surface area contributed by atoms with Gasteiger partial charge >= 0.3 is 0 Å². The van der Waals surface area contributed by atoms with Gasteiger partial charge in [0, 0.05) is 11.1 Å². The van der Waals surface area contributed by atoms with E-state index in [0.29, 0.717) is 23.9 Å². The molecule has 3 heterocycles. The summed E-state index contributed by atoms with van der Waals surface area (Å²) in [6, 6.07) is 24.7. The number of fused-ring (bicyclic) bond motifs is 1. The summed E-state index contributed by atoms with van der Waals surface area (Å²) in [5.74, 6) is 0.907. The Bertz CT molecular complexity index is 1640. The Balaban J connectivity index is 1.35. The summed E-state index contributed by atoms with van der Waals surface area (Å²) in [7, 11) is 0. The second-order valence-electron chi connectivity index (χ2n) is 10.7. The van der Waals surface area contributed by atoms with Crippen LogP contribution in [0.2, 0.25) is 0 Å². The van der Waals surface area contributed by atoms with E-state index >= 15 is 0 Å². The molecule has 3 aromatic carbocycles. The van der Waals surface area contributed by atoms with Gasteiger partial charge in [-0.3, -0.25) is 9.69 Å². The fourth-order valence-corrected chi connectivity index (χ4v) is 5.84. The molecule has 0 aliphatic carbocycles. The van der Waals surface area contributed by atoms with Crippen LogP contribution in [0, 0.1) is 11.7 Å². The molecule has 1 saturated heterocycles. The van der Waals surface area contributed by atoms with Crippen LogP contribution in [-0.4, -0.2) is 43.2 Å². The van der Waals surface area contributed by atoms with Gasteiger partial charge in [0.2, 0.25) is 0 Å². The lowest BCUT2D eigenvalue weighted by Gasteiger charge is -2.37.